The summed E-state index contributed by atoms with van der Waals surface area (Å²) in [5, 5.41) is 4.07. The van der Waals surface area contributed by atoms with Crippen LogP contribution in [0.15, 0.2) is 24.3 Å². The number of carbonyl (C=O) groups is 3. The lowest BCUT2D eigenvalue weighted by Crippen LogP contribution is -2.70. The first-order chi connectivity index (χ1) is 20.0. The van der Waals surface area contributed by atoms with E-state index in [9.17, 15) is 14.4 Å². The van der Waals surface area contributed by atoms with Gasteiger partial charge in [-0.25, -0.2) is 19.7 Å². The maximum Gasteiger partial charge on any atom is 0.410 e. The minimum Gasteiger partial charge on any atom is -0.497 e. The van der Waals surface area contributed by atoms with Crippen molar-refractivity contribution < 1.29 is 23.9 Å². The van der Waals surface area contributed by atoms with Gasteiger partial charge in [0.25, 0.3) is 0 Å². The normalized spacial score (nSPS) is 19.5. The number of hydrogen-bond donors (Lipinski definition) is 1. The van der Waals surface area contributed by atoms with E-state index in [1.54, 1.807) is 18.9 Å². The lowest BCUT2D eigenvalue weighted by molar-refractivity contribution is -0.127. The minimum atomic E-state index is -1.03. The van der Waals surface area contributed by atoms with E-state index >= 15 is 0 Å². The van der Waals surface area contributed by atoms with Crippen molar-refractivity contribution >= 4 is 45.3 Å². The quantitative estimate of drug-likeness (QED) is 0.277. The molecule has 3 aromatic rings. The number of benzene rings is 1. The second-order valence-electron chi connectivity index (χ2n) is 11.7. The van der Waals surface area contributed by atoms with Gasteiger partial charge in [-0.2, -0.15) is 0 Å². The Morgan fingerprint density at radius 3 is 2.40 bits per heavy atom. The monoisotopic (exact) mass is 594 g/mol. The number of anilines is 1. The van der Waals surface area contributed by atoms with Gasteiger partial charge in [-0.1, -0.05) is 30.4 Å². The van der Waals surface area contributed by atoms with E-state index in [2.05, 4.69) is 15.3 Å². The molecule has 1 N–H and O–H groups in total. The molecule has 2 aromatic heterocycles. The predicted molar refractivity (Wildman–Crippen MR) is 160 cm³/mol. The van der Waals surface area contributed by atoms with E-state index in [4.69, 9.17) is 14.5 Å². The van der Waals surface area contributed by atoms with Gasteiger partial charge in [0.05, 0.1) is 18.2 Å². The summed E-state index contributed by atoms with van der Waals surface area (Å²) >= 11 is 1.40. The molecular formula is C30H38N6O5S. The minimum absolute atomic E-state index is 0.0959. The zero-order valence-corrected chi connectivity index (χ0v) is 25.8. The second kappa shape index (κ2) is 11.9. The predicted octanol–water partition coefficient (Wildman–Crippen LogP) is 4.63. The molecule has 1 saturated heterocycles. The van der Waals surface area contributed by atoms with Crippen molar-refractivity contribution in [1.29, 1.82) is 0 Å². The number of nitrogens with zero attached hydrogens (tertiary/aromatic N) is 5. The van der Waals surface area contributed by atoms with Gasteiger partial charge in [-0.05, 0) is 58.2 Å². The smallest absolute Gasteiger partial charge is 0.410 e. The fraction of sp³-hybridized carbons (Fsp3) is 0.533. The number of carbonyl (C=O) groups excluding carboxylic acids is 3. The third kappa shape index (κ3) is 6.10. The van der Waals surface area contributed by atoms with Crippen molar-refractivity contribution in [3.05, 3.63) is 40.5 Å². The first-order valence-electron chi connectivity index (χ1n) is 14.3. The highest BCUT2D eigenvalue weighted by Gasteiger charge is 2.50. The summed E-state index contributed by atoms with van der Waals surface area (Å²) in [6.45, 7) is 10.3. The van der Waals surface area contributed by atoms with E-state index in [0.717, 1.165) is 29.2 Å². The molecule has 42 heavy (non-hydrogen) atoms. The third-order valence-electron chi connectivity index (χ3n) is 7.70. The average Bonchev–Trinajstić information content (AvgIpc) is 3.30. The number of aryl methyl sites for hydroxylation is 1. The van der Waals surface area contributed by atoms with E-state index in [1.807, 2.05) is 56.9 Å². The molecule has 1 unspecified atom stereocenters. The van der Waals surface area contributed by atoms with Gasteiger partial charge in [0.1, 0.15) is 17.4 Å². The van der Waals surface area contributed by atoms with Crippen LogP contribution in [0.1, 0.15) is 68.0 Å². The van der Waals surface area contributed by atoms with Crippen LogP contribution in [-0.2, 0) is 16.1 Å². The third-order valence-corrected chi connectivity index (χ3v) is 8.55. The molecule has 224 valence electrons. The summed E-state index contributed by atoms with van der Waals surface area (Å²) in [5.41, 5.74) is 0.840. The number of rotatable bonds is 9. The maximum absolute atomic E-state index is 14.3. The number of nitrogens with one attached hydrogen (secondary N) is 1. The zero-order valence-electron chi connectivity index (χ0n) is 25.0. The lowest BCUT2D eigenvalue weighted by Gasteiger charge is -2.55. The van der Waals surface area contributed by atoms with Crippen molar-refractivity contribution in [3.63, 3.8) is 0 Å². The molecule has 0 radical (unpaired) electrons. The van der Waals surface area contributed by atoms with E-state index in [0.29, 0.717) is 35.9 Å². The zero-order chi connectivity index (χ0) is 30.2. The Bertz CT molecular complexity index is 1480. The number of fused-ring (bicyclic) bond motifs is 2. The molecule has 0 spiro atoms. The molecule has 2 fully saturated rings. The first-order valence-corrected chi connectivity index (χ1v) is 15.1. The number of piperazine rings is 1. The van der Waals surface area contributed by atoms with Crippen molar-refractivity contribution in [2.75, 3.05) is 25.5 Å². The number of ether oxygens (including phenoxy) is 2. The van der Waals surface area contributed by atoms with Gasteiger partial charge < -0.3 is 19.7 Å². The number of methoxy groups -OCH3 is 1. The maximum atomic E-state index is 14.3. The molecule has 1 amide bonds. The molecule has 11 nitrogen and oxygen atoms in total. The van der Waals surface area contributed by atoms with E-state index in [-0.39, 0.29) is 36.1 Å². The number of hydrogen-bond acceptors (Lipinski definition) is 11. The molecule has 3 heterocycles. The van der Waals surface area contributed by atoms with Gasteiger partial charge in [-0.15, -0.1) is 0 Å². The summed E-state index contributed by atoms with van der Waals surface area (Å²) in [6.07, 6.45) is 1.41. The summed E-state index contributed by atoms with van der Waals surface area (Å²) in [5.74, 6) is 0.473. The highest BCUT2D eigenvalue weighted by Crippen LogP contribution is 2.37. The van der Waals surface area contributed by atoms with Crippen LogP contribution in [0.3, 0.4) is 0 Å². The van der Waals surface area contributed by atoms with Crippen molar-refractivity contribution in [2.24, 2.45) is 0 Å². The molecule has 1 aromatic carbocycles. The molecule has 3 atom stereocenters. The Morgan fingerprint density at radius 2 is 1.79 bits per heavy atom. The van der Waals surface area contributed by atoms with Crippen LogP contribution in [0.25, 0.3) is 10.5 Å². The van der Waals surface area contributed by atoms with Crippen LogP contribution >= 0.6 is 11.3 Å². The Kier molecular flexibility index (Phi) is 8.47. The standard InChI is InChI=1S/C30H38N6O5S/c1-7-22(37)24(35-14-15-36(21-13-12-20(21)35)29(39)41-30(3,4)5)25(38)23-26(34-28-27(33-23)32-17(2)42-28)31-16-18-8-10-19(40-6)11-9-18/h8-11,20-21,24H,7,12-16H2,1-6H3,(H,31,34)/t20-,21-,24?/m0/s1. The summed E-state index contributed by atoms with van der Waals surface area (Å²) in [6, 6.07) is 6.33. The van der Waals surface area contributed by atoms with E-state index < -0.39 is 17.4 Å². The van der Waals surface area contributed by atoms with Crippen molar-refractivity contribution in [3.8, 4) is 5.75 Å². The molecule has 5 rings (SSSR count). The average molecular weight is 595 g/mol. The van der Waals surface area contributed by atoms with Gasteiger partial charge in [0, 0.05) is 32.1 Å². The van der Waals surface area contributed by atoms with Gasteiger partial charge in [-0.3, -0.25) is 14.5 Å². The van der Waals surface area contributed by atoms with Gasteiger partial charge >= 0.3 is 6.09 Å². The van der Waals surface area contributed by atoms with Crippen LogP contribution in [0.5, 0.6) is 5.75 Å². The molecule has 0 bridgehead atoms. The van der Waals surface area contributed by atoms with Crippen LogP contribution in [0, 0.1) is 6.92 Å². The van der Waals surface area contributed by atoms with Crippen molar-refractivity contribution in [1.82, 2.24) is 24.8 Å². The van der Waals surface area contributed by atoms with Crippen LogP contribution in [-0.4, -0.2) is 86.3 Å². The summed E-state index contributed by atoms with van der Waals surface area (Å²) < 4.78 is 10.9. The number of amides is 1. The molecule has 12 heteroatoms. The second-order valence-corrected chi connectivity index (χ2v) is 12.9. The Balaban J connectivity index is 1.44. The van der Waals surface area contributed by atoms with E-state index in [1.165, 1.54) is 11.3 Å². The topological polar surface area (TPSA) is 127 Å². The van der Waals surface area contributed by atoms with Crippen LogP contribution in [0.2, 0.25) is 0 Å². The van der Waals surface area contributed by atoms with Crippen molar-refractivity contribution in [2.45, 2.75) is 84.2 Å². The highest BCUT2D eigenvalue weighted by molar-refractivity contribution is 7.18. The van der Waals surface area contributed by atoms with Gasteiger partial charge in [0.15, 0.2) is 27.8 Å². The lowest BCUT2D eigenvalue weighted by atomic mass is 9.80. The largest absolute Gasteiger partial charge is 0.497 e. The molecule has 1 aliphatic heterocycles. The Morgan fingerprint density at radius 1 is 1.07 bits per heavy atom. The molecule has 1 saturated carbocycles. The molecule has 2 aliphatic rings. The summed E-state index contributed by atoms with van der Waals surface area (Å²) in [7, 11) is 1.62. The summed E-state index contributed by atoms with van der Waals surface area (Å²) in [4.78, 5) is 58.9. The number of ketones is 2. The number of Topliss-reactive ketones (excluding diaryl/α,β-unsaturated/α-hetero) is 2. The van der Waals surface area contributed by atoms with Crippen LogP contribution in [0.4, 0.5) is 10.6 Å². The van der Waals surface area contributed by atoms with Gasteiger partial charge in [0.2, 0.25) is 5.78 Å². The fourth-order valence-electron chi connectivity index (χ4n) is 5.53. The number of aromatic nitrogens is 3. The first kappa shape index (κ1) is 29.8. The molecule has 1 aliphatic carbocycles. The molecular weight excluding hydrogens is 556 g/mol. The van der Waals surface area contributed by atoms with Crippen LogP contribution < -0.4 is 10.1 Å². The highest BCUT2D eigenvalue weighted by atomic mass is 32.1. The Hall–Kier alpha value is -3.64. The Labute approximate surface area is 249 Å². The SMILES string of the molecule is CCC(=O)C(C(=O)c1nc2nc(C)sc2nc1NCc1ccc(OC)cc1)N1CCN(C(=O)OC(C)(C)C)[C@H]2CC[C@@H]21. The fourth-order valence-corrected chi connectivity index (χ4v) is 6.26. The number of thiazole rings is 1.